The normalized spacial score (nSPS) is 28.8. The molecule has 0 aromatic heterocycles. The fourth-order valence-corrected chi connectivity index (χ4v) is 3.74. The SMILES string of the molecule is CC(NC1CCCCC1(C)C)C(=O)N1CCCCCC1. The molecule has 2 fully saturated rings. The number of rotatable bonds is 3. The number of amides is 1. The molecule has 2 rings (SSSR count). The number of hydrogen-bond donors (Lipinski definition) is 1. The third-order valence-electron chi connectivity index (χ3n) is 5.25. The van der Waals surface area contributed by atoms with Crippen LogP contribution in [0.5, 0.6) is 0 Å². The second kappa shape index (κ2) is 6.93. The van der Waals surface area contributed by atoms with Crippen molar-refractivity contribution >= 4 is 5.91 Å². The maximum absolute atomic E-state index is 12.6. The van der Waals surface area contributed by atoms with Crippen molar-refractivity contribution in [3.63, 3.8) is 0 Å². The Hall–Kier alpha value is -0.570. The van der Waals surface area contributed by atoms with Crippen LogP contribution >= 0.6 is 0 Å². The third kappa shape index (κ3) is 3.97. The van der Waals surface area contributed by atoms with Gasteiger partial charge in [0.15, 0.2) is 0 Å². The molecule has 2 aliphatic rings. The maximum Gasteiger partial charge on any atom is 0.239 e. The molecule has 1 amide bonds. The Kier molecular flexibility index (Phi) is 5.48. The van der Waals surface area contributed by atoms with Crippen molar-refractivity contribution < 1.29 is 4.79 Å². The van der Waals surface area contributed by atoms with Gasteiger partial charge in [0, 0.05) is 19.1 Å². The average Bonchev–Trinajstić information content (AvgIpc) is 2.69. The molecule has 1 aliphatic carbocycles. The van der Waals surface area contributed by atoms with Gasteiger partial charge in [-0.2, -0.15) is 0 Å². The fraction of sp³-hybridized carbons (Fsp3) is 0.941. The number of nitrogens with one attached hydrogen (secondary N) is 1. The van der Waals surface area contributed by atoms with E-state index in [-0.39, 0.29) is 6.04 Å². The van der Waals surface area contributed by atoms with Crippen molar-refractivity contribution in [3.8, 4) is 0 Å². The van der Waals surface area contributed by atoms with Gasteiger partial charge in [0.1, 0.15) is 0 Å². The molecule has 0 aromatic rings. The Morgan fingerprint density at radius 2 is 1.75 bits per heavy atom. The smallest absolute Gasteiger partial charge is 0.239 e. The van der Waals surface area contributed by atoms with Crippen LogP contribution in [-0.2, 0) is 4.79 Å². The van der Waals surface area contributed by atoms with Gasteiger partial charge in [-0.15, -0.1) is 0 Å². The van der Waals surface area contributed by atoms with E-state index in [0.717, 1.165) is 13.1 Å². The number of carbonyl (C=O) groups excluding carboxylic acids is 1. The lowest BCUT2D eigenvalue weighted by Gasteiger charge is -2.41. The highest BCUT2D eigenvalue weighted by Gasteiger charge is 2.34. The molecule has 2 atom stereocenters. The number of carbonyl (C=O) groups is 1. The molecule has 20 heavy (non-hydrogen) atoms. The molecule has 2 unspecified atom stereocenters. The summed E-state index contributed by atoms with van der Waals surface area (Å²) in [6, 6.07) is 0.456. The van der Waals surface area contributed by atoms with Crippen LogP contribution in [0.15, 0.2) is 0 Å². The van der Waals surface area contributed by atoms with Crippen molar-refractivity contribution in [1.29, 1.82) is 0 Å². The fourth-order valence-electron chi connectivity index (χ4n) is 3.74. The predicted octanol–water partition coefficient (Wildman–Crippen LogP) is 3.34. The molecule has 0 aromatic carbocycles. The van der Waals surface area contributed by atoms with Crippen LogP contribution in [0, 0.1) is 5.41 Å². The van der Waals surface area contributed by atoms with Crippen molar-refractivity contribution in [3.05, 3.63) is 0 Å². The van der Waals surface area contributed by atoms with Gasteiger partial charge >= 0.3 is 0 Å². The van der Waals surface area contributed by atoms with Crippen molar-refractivity contribution in [2.45, 2.75) is 84.2 Å². The van der Waals surface area contributed by atoms with E-state index in [1.807, 2.05) is 0 Å². The molecule has 1 saturated heterocycles. The van der Waals surface area contributed by atoms with E-state index in [2.05, 4.69) is 31.0 Å². The molecule has 1 heterocycles. The van der Waals surface area contributed by atoms with Crippen molar-refractivity contribution in [2.75, 3.05) is 13.1 Å². The van der Waals surface area contributed by atoms with Crippen LogP contribution in [-0.4, -0.2) is 36.0 Å². The number of nitrogens with zero attached hydrogens (tertiary/aromatic N) is 1. The van der Waals surface area contributed by atoms with Crippen LogP contribution in [0.1, 0.15) is 72.1 Å². The van der Waals surface area contributed by atoms with E-state index in [9.17, 15) is 4.79 Å². The third-order valence-corrected chi connectivity index (χ3v) is 5.25. The lowest BCUT2D eigenvalue weighted by molar-refractivity contribution is -0.133. The van der Waals surface area contributed by atoms with Gasteiger partial charge in [0.05, 0.1) is 6.04 Å². The first kappa shape index (κ1) is 15.8. The van der Waals surface area contributed by atoms with Gasteiger partial charge in [-0.3, -0.25) is 4.79 Å². The van der Waals surface area contributed by atoms with Crippen LogP contribution in [0.3, 0.4) is 0 Å². The Morgan fingerprint density at radius 3 is 2.35 bits per heavy atom. The summed E-state index contributed by atoms with van der Waals surface area (Å²) in [6.07, 6.45) is 10.0. The van der Waals surface area contributed by atoms with Gasteiger partial charge in [-0.05, 0) is 38.0 Å². The minimum absolute atomic E-state index is 0.0320. The summed E-state index contributed by atoms with van der Waals surface area (Å²) in [4.78, 5) is 14.7. The molecule has 0 spiro atoms. The highest BCUT2D eigenvalue weighted by atomic mass is 16.2. The lowest BCUT2D eigenvalue weighted by atomic mass is 9.73. The monoisotopic (exact) mass is 280 g/mol. The zero-order valence-corrected chi connectivity index (χ0v) is 13.6. The Bertz CT molecular complexity index is 319. The zero-order chi connectivity index (χ0) is 14.6. The summed E-state index contributed by atoms with van der Waals surface area (Å²) >= 11 is 0. The van der Waals surface area contributed by atoms with Crippen LogP contribution in [0.4, 0.5) is 0 Å². The van der Waals surface area contributed by atoms with Crippen LogP contribution in [0.2, 0.25) is 0 Å². The largest absolute Gasteiger partial charge is 0.341 e. The summed E-state index contributed by atoms with van der Waals surface area (Å²) in [7, 11) is 0. The molecule has 116 valence electrons. The van der Waals surface area contributed by atoms with E-state index in [0.29, 0.717) is 17.4 Å². The van der Waals surface area contributed by atoms with Crippen LogP contribution < -0.4 is 5.32 Å². The van der Waals surface area contributed by atoms with Gasteiger partial charge in [0.25, 0.3) is 0 Å². The minimum Gasteiger partial charge on any atom is -0.341 e. The summed E-state index contributed by atoms with van der Waals surface area (Å²) in [5, 5.41) is 3.64. The molecule has 1 aliphatic heterocycles. The molecule has 0 radical (unpaired) electrons. The van der Waals surface area contributed by atoms with E-state index >= 15 is 0 Å². The topological polar surface area (TPSA) is 32.3 Å². The Balaban J connectivity index is 1.89. The quantitative estimate of drug-likeness (QED) is 0.860. The maximum atomic E-state index is 12.6. The first-order valence-corrected chi connectivity index (χ1v) is 8.55. The zero-order valence-electron chi connectivity index (χ0n) is 13.6. The standard InChI is InChI=1S/C17H32N2O/c1-14(16(20)19-12-8-4-5-9-13-19)18-15-10-6-7-11-17(15,2)3/h14-15,18H,4-13H2,1-3H3. The lowest BCUT2D eigenvalue weighted by Crippen LogP contribution is -2.53. The van der Waals surface area contributed by atoms with Crippen molar-refractivity contribution in [2.24, 2.45) is 5.41 Å². The van der Waals surface area contributed by atoms with E-state index < -0.39 is 0 Å². The summed E-state index contributed by atoms with van der Waals surface area (Å²) < 4.78 is 0. The Morgan fingerprint density at radius 1 is 1.10 bits per heavy atom. The second-order valence-electron chi connectivity index (χ2n) is 7.41. The highest BCUT2D eigenvalue weighted by molar-refractivity contribution is 5.81. The molecule has 3 nitrogen and oxygen atoms in total. The van der Waals surface area contributed by atoms with Crippen LogP contribution in [0.25, 0.3) is 0 Å². The highest BCUT2D eigenvalue weighted by Crippen LogP contribution is 2.35. The molecular weight excluding hydrogens is 248 g/mol. The molecule has 1 N–H and O–H groups in total. The van der Waals surface area contributed by atoms with E-state index in [1.165, 1.54) is 51.4 Å². The van der Waals surface area contributed by atoms with Crippen molar-refractivity contribution in [1.82, 2.24) is 10.2 Å². The summed E-state index contributed by atoms with van der Waals surface area (Å²) in [6.45, 7) is 8.65. The van der Waals surface area contributed by atoms with Gasteiger partial charge in [-0.1, -0.05) is 39.5 Å². The van der Waals surface area contributed by atoms with Gasteiger partial charge in [0.2, 0.25) is 5.91 Å². The summed E-state index contributed by atoms with van der Waals surface area (Å²) in [5.74, 6) is 0.313. The average molecular weight is 280 g/mol. The minimum atomic E-state index is -0.0320. The number of hydrogen-bond acceptors (Lipinski definition) is 2. The molecule has 1 saturated carbocycles. The number of likely N-dealkylation sites (tertiary alicyclic amines) is 1. The second-order valence-corrected chi connectivity index (χ2v) is 7.41. The Labute approximate surface area is 124 Å². The molecular formula is C17H32N2O. The first-order valence-electron chi connectivity index (χ1n) is 8.55. The van der Waals surface area contributed by atoms with Gasteiger partial charge in [-0.25, -0.2) is 0 Å². The summed E-state index contributed by atoms with van der Waals surface area (Å²) in [5.41, 5.74) is 0.325. The van der Waals surface area contributed by atoms with E-state index in [4.69, 9.17) is 0 Å². The van der Waals surface area contributed by atoms with E-state index in [1.54, 1.807) is 0 Å². The molecule has 0 bridgehead atoms. The first-order chi connectivity index (χ1) is 9.50. The molecule has 3 heteroatoms. The van der Waals surface area contributed by atoms with Gasteiger partial charge < -0.3 is 10.2 Å². The predicted molar refractivity (Wildman–Crippen MR) is 83.7 cm³/mol.